The number of aromatic nitrogens is 1. The van der Waals surface area contributed by atoms with E-state index < -0.39 is 0 Å². The molecule has 270 valence electrons. The van der Waals surface area contributed by atoms with E-state index in [0.717, 1.165) is 39.3 Å². The molecule has 0 atom stereocenters. The van der Waals surface area contributed by atoms with E-state index in [2.05, 4.69) is 224 Å². The molecule has 0 spiro atoms. The van der Waals surface area contributed by atoms with Gasteiger partial charge in [0.15, 0.2) is 0 Å². The number of benzene rings is 8. The summed E-state index contributed by atoms with van der Waals surface area (Å²) in [6.45, 7) is 9.38. The molecule has 1 aliphatic carbocycles. The topological polar surface area (TPSA) is 8.17 Å². The Bertz CT molecular complexity index is 3170. The van der Waals surface area contributed by atoms with Gasteiger partial charge in [-0.3, -0.25) is 0 Å². The van der Waals surface area contributed by atoms with E-state index in [1.165, 1.54) is 66.0 Å². The first kappa shape index (κ1) is 33.2. The minimum absolute atomic E-state index is 0.112. The molecule has 0 N–H and O–H groups in total. The van der Waals surface area contributed by atoms with Gasteiger partial charge in [-0.1, -0.05) is 160 Å². The van der Waals surface area contributed by atoms with Gasteiger partial charge in [-0.25, -0.2) is 0 Å². The summed E-state index contributed by atoms with van der Waals surface area (Å²) >= 11 is 0. The lowest BCUT2D eigenvalue weighted by molar-refractivity contribution is 0.661. The smallest absolute Gasteiger partial charge is 0.0622 e. The van der Waals surface area contributed by atoms with E-state index in [1.54, 1.807) is 0 Å². The summed E-state index contributed by atoms with van der Waals surface area (Å²) in [7, 11) is 0. The van der Waals surface area contributed by atoms with Gasteiger partial charge in [-0.15, -0.1) is 0 Å². The van der Waals surface area contributed by atoms with Crippen LogP contribution in [0.4, 0.5) is 11.4 Å². The summed E-state index contributed by atoms with van der Waals surface area (Å²) in [4.78, 5) is 2.32. The van der Waals surface area contributed by atoms with E-state index in [1.807, 2.05) is 0 Å². The van der Waals surface area contributed by atoms with Crippen molar-refractivity contribution < 1.29 is 0 Å². The lowest BCUT2D eigenvalue weighted by Crippen LogP contribution is -2.14. The summed E-state index contributed by atoms with van der Waals surface area (Å²) in [5.41, 5.74) is 17.9. The Morgan fingerprint density at radius 2 is 1.23 bits per heavy atom. The fourth-order valence-electron chi connectivity index (χ4n) is 9.51. The van der Waals surface area contributed by atoms with Crippen molar-refractivity contribution in [2.75, 3.05) is 4.90 Å². The van der Waals surface area contributed by atoms with Gasteiger partial charge in [0.1, 0.15) is 0 Å². The zero-order valence-corrected chi connectivity index (χ0v) is 32.1. The van der Waals surface area contributed by atoms with E-state index in [9.17, 15) is 0 Å². The first-order valence-electron chi connectivity index (χ1n) is 19.8. The fourth-order valence-corrected chi connectivity index (χ4v) is 9.51. The minimum atomic E-state index is -0.112. The van der Waals surface area contributed by atoms with Gasteiger partial charge >= 0.3 is 0 Å². The summed E-state index contributed by atoms with van der Waals surface area (Å²) in [6, 6.07) is 64.2. The number of rotatable bonds is 4. The van der Waals surface area contributed by atoms with Crippen molar-refractivity contribution in [2.45, 2.75) is 19.3 Å². The second kappa shape index (κ2) is 12.7. The summed E-state index contributed by atoms with van der Waals surface area (Å²) in [5.74, 6) is 0. The zero-order valence-electron chi connectivity index (χ0n) is 32.1. The van der Waals surface area contributed by atoms with Crippen LogP contribution >= 0.6 is 0 Å². The van der Waals surface area contributed by atoms with Crippen LogP contribution in [0.3, 0.4) is 0 Å². The molecule has 57 heavy (non-hydrogen) atoms. The Balaban J connectivity index is 1.14. The van der Waals surface area contributed by atoms with Crippen molar-refractivity contribution in [2.24, 2.45) is 0 Å². The zero-order chi connectivity index (χ0) is 38.3. The monoisotopic (exact) mass is 728 g/mol. The Hall–Kier alpha value is -7.16. The molecule has 2 aliphatic rings. The number of para-hydroxylation sites is 1. The Morgan fingerprint density at radius 1 is 0.509 bits per heavy atom. The third kappa shape index (κ3) is 5.11. The third-order valence-corrected chi connectivity index (χ3v) is 12.3. The Labute approximate surface area is 333 Å². The van der Waals surface area contributed by atoms with Crippen LogP contribution in [0.1, 0.15) is 36.1 Å². The number of anilines is 2. The second-order valence-corrected chi connectivity index (χ2v) is 15.9. The molecule has 2 heteroatoms. The molecular formula is C55H40N2. The van der Waals surface area contributed by atoms with Crippen LogP contribution in [-0.2, 0) is 5.41 Å². The van der Waals surface area contributed by atoms with E-state index in [-0.39, 0.29) is 5.41 Å². The number of fused-ring (bicyclic) bond motifs is 9. The maximum atomic E-state index is 4.65. The average Bonchev–Trinajstić information content (AvgIpc) is 3.71. The molecule has 11 rings (SSSR count). The van der Waals surface area contributed by atoms with Gasteiger partial charge in [0.05, 0.1) is 22.4 Å². The van der Waals surface area contributed by atoms with E-state index in [4.69, 9.17) is 0 Å². The van der Waals surface area contributed by atoms with Crippen LogP contribution in [-0.4, -0.2) is 4.57 Å². The molecule has 2 nitrogen and oxygen atoms in total. The van der Waals surface area contributed by atoms with Crippen LogP contribution in [0.25, 0.3) is 71.7 Å². The van der Waals surface area contributed by atoms with Crippen molar-refractivity contribution in [3.63, 3.8) is 0 Å². The molecule has 9 aromatic rings. The molecule has 8 aromatic carbocycles. The summed E-state index contributed by atoms with van der Waals surface area (Å²) in [6.07, 6.45) is 6.73. The maximum absolute atomic E-state index is 4.65. The molecule has 2 heterocycles. The molecule has 0 unspecified atom stereocenters. The standard InChI is InChI=1S/C55H40N2/c1-36-33-41(31-32-56(50-25-12-10-21-43(36)50)51-26-14-18-38-17-7-8-22-44(38)51)40-27-30-52-47(35-40)45-28-29-49-53(46-23-9-11-24-48(46)55(49,2)3)54(45)57(52)42-20-13-19-39(34-42)37-15-5-4-6-16-37/h4-35H,1H2,2-3H3/b32-31-,41-33+. The van der Waals surface area contributed by atoms with Gasteiger partial charge in [0.25, 0.3) is 0 Å². The van der Waals surface area contributed by atoms with Gasteiger partial charge in [0, 0.05) is 44.6 Å². The molecule has 1 aromatic heterocycles. The Kier molecular flexibility index (Phi) is 7.39. The first-order chi connectivity index (χ1) is 28.0. The second-order valence-electron chi connectivity index (χ2n) is 15.9. The number of nitrogens with zero attached hydrogens (tertiary/aromatic N) is 2. The van der Waals surface area contributed by atoms with Crippen LogP contribution in [0.15, 0.2) is 201 Å². The van der Waals surface area contributed by atoms with Gasteiger partial charge in [-0.05, 0) is 98.5 Å². The first-order valence-corrected chi connectivity index (χ1v) is 19.8. The molecule has 0 bridgehead atoms. The number of allylic oxidation sites excluding steroid dienone is 4. The molecule has 0 radical (unpaired) electrons. The predicted octanol–water partition coefficient (Wildman–Crippen LogP) is 14.7. The van der Waals surface area contributed by atoms with Crippen LogP contribution in [0.5, 0.6) is 0 Å². The highest BCUT2D eigenvalue weighted by molar-refractivity contribution is 6.16. The van der Waals surface area contributed by atoms with Gasteiger partial charge in [0.2, 0.25) is 0 Å². The van der Waals surface area contributed by atoms with Crippen molar-refractivity contribution in [3.8, 4) is 27.9 Å². The van der Waals surface area contributed by atoms with Gasteiger partial charge in [-0.2, -0.15) is 0 Å². The van der Waals surface area contributed by atoms with Crippen LogP contribution in [0.2, 0.25) is 0 Å². The predicted molar refractivity (Wildman–Crippen MR) is 242 cm³/mol. The van der Waals surface area contributed by atoms with Crippen LogP contribution < -0.4 is 4.90 Å². The molecule has 0 amide bonds. The van der Waals surface area contributed by atoms with Gasteiger partial charge < -0.3 is 9.47 Å². The minimum Gasteiger partial charge on any atom is -0.316 e. The van der Waals surface area contributed by atoms with Crippen LogP contribution in [0, 0.1) is 0 Å². The number of hydrogen-bond acceptors (Lipinski definition) is 1. The van der Waals surface area contributed by atoms with E-state index >= 15 is 0 Å². The lowest BCUT2D eigenvalue weighted by Gasteiger charge is -2.27. The third-order valence-electron chi connectivity index (χ3n) is 12.3. The van der Waals surface area contributed by atoms with Crippen molar-refractivity contribution in [1.82, 2.24) is 4.57 Å². The SMILES string of the molecule is C=C1/C=C(c2ccc3c(c2)c2ccc4c(c2n3-c2cccc(-c3ccccc3)c2)-c2ccccc2C4(C)C)\C=C/N(c2cccc3ccccc23)c2ccccc21. The molecule has 0 saturated carbocycles. The fraction of sp³-hybridized carbons (Fsp3) is 0.0545. The van der Waals surface area contributed by atoms with Crippen molar-refractivity contribution in [1.29, 1.82) is 0 Å². The largest absolute Gasteiger partial charge is 0.316 e. The summed E-state index contributed by atoms with van der Waals surface area (Å²) < 4.78 is 2.51. The number of hydrogen-bond donors (Lipinski definition) is 0. The highest BCUT2D eigenvalue weighted by Gasteiger charge is 2.37. The molecule has 0 fully saturated rings. The average molecular weight is 729 g/mol. The van der Waals surface area contributed by atoms with Crippen molar-refractivity contribution in [3.05, 3.63) is 223 Å². The van der Waals surface area contributed by atoms with E-state index in [0.29, 0.717) is 0 Å². The summed E-state index contributed by atoms with van der Waals surface area (Å²) in [5, 5.41) is 4.90. The quantitative estimate of drug-likeness (QED) is 0.175. The molecular weight excluding hydrogens is 689 g/mol. The molecule has 0 saturated heterocycles. The lowest BCUT2D eigenvalue weighted by atomic mass is 9.82. The maximum Gasteiger partial charge on any atom is 0.0622 e. The highest BCUT2D eigenvalue weighted by atomic mass is 15.1. The normalized spacial score (nSPS) is 15.8. The van der Waals surface area contributed by atoms with Crippen molar-refractivity contribution >= 4 is 55.1 Å². The highest BCUT2D eigenvalue weighted by Crippen LogP contribution is 2.53. The Morgan fingerprint density at radius 3 is 2.12 bits per heavy atom. The molecule has 1 aliphatic heterocycles.